The number of carbonyl (C=O) groups is 1. The predicted molar refractivity (Wildman–Crippen MR) is 112 cm³/mol. The van der Waals surface area contributed by atoms with Crippen molar-refractivity contribution in [1.29, 1.82) is 0 Å². The average molecular weight is 396 g/mol. The number of fused-ring (bicyclic) bond motifs is 1. The van der Waals surface area contributed by atoms with Crippen LogP contribution in [0.3, 0.4) is 0 Å². The molecule has 1 fully saturated rings. The van der Waals surface area contributed by atoms with Crippen molar-refractivity contribution < 1.29 is 9.90 Å². The monoisotopic (exact) mass is 395 g/mol. The number of nitrogens with one attached hydrogen (secondary N) is 1. The highest BCUT2D eigenvalue weighted by Gasteiger charge is 2.34. The number of amides is 1. The van der Waals surface area contributed by atoms with E-state index in [0.717, 1.165) is 31.6 Å². The Labute approximate surface area is 171 Å². The van der Waals surface area contributed by atoms with Crippen molar-refractivity contribution in [3.8, 4) is 0 Å². The summed E-state index contributed by atoms with van der Waals surface area (Å²) in [5, 5.41) is 11.3. The lowest BCUT2D eigenvalue weighted by Gasteiger charge is -2.36. The molecule has 29 heavy (non-hydrogen) atoms. The minimum Gasteiger partial charge on any atom is -0.388 e. The van der Waals surface area contributed by atoms with Crippen LogP contribution in [-0.2, 0) is 13.0 Å². The number of aromatic nitrogens is 1. The number of aromatic amines is 1. The van der Waals surface area contributed by atoms with Crippen molar-refractivity contribution >= 4 is 5.91 Å². The molecule has 0 unspecified atom stereocenters. The van der Waals surface area contributed by atoms with Gasteiger partial charge in [-0.25, -0.2) is 0 Å². The zero-order valence-electron chi connectivity index (χ0n) is 17.0. The molecular weight excluding hydrogens is 366 g/mol. The minimum absolute atomic E-state index is 0.175. The fourth-order valence-corrected chi connectivity index (χ4v) is 4.56. The van der Waals surface area contributed by atoms with Gasteiger partial charge < -0.3 is 15.0 Å². The highest BCUT2D eigenvalue weighted by molar-refractivity contribution is 5.93. The number of H-pyrrole nitrogens is 1. The molecule has 154 valence electrons. The summed E-state index contributed by atoms with van der Waals surface area (Å²) in [5.41, 5.74) is 2.50. The first-order valence-corrected chi connectivity index (χ1v) is 10.4. The number of carbonyl (C=O) groups excluding carboxylic acids is 1. The maximum Gasteiger partial charge on any atom is 0.260 e. The second kappa shape index (κ2) is 8.13. The Hall–Kier alpha value is -2.44. The molecule has 1 aromatic carbocycles. The summed E-state index contributed by atoms with van der Waals surface area (Å²) in [4.78, 5) is 31.7. The third kappa shape index (κ3) is 4.43. The largest absolute Gasteiger partial charge is 0.388 e. The van der Waals surface area contributed by atoms with Gasteiger partial charge in [0.2, 0.25) is 0 Å². The Balaban J connectivity index is 1.40. The number of hydrogen-bond acceptors (Lipinski definition) is 4. The van der Waals surface area contributed by atoms with Crippen LogP contribution in [0.15, 0.2) is 41.2 Å². The van der Waals surface area contributed by atoms with E-state index < -0.39 is 5.60 Å². The van der Waals surface area contributed by atoms with E-state index >= 15 is 0 Å². The van der Waals surface area contributed by atoms with E-state index in [0.29, 0.717) is 32.5 Å². The number of benzene rings is 1. The number of aliphatic hydroxyl groups is 1. The number of aryl methyl sites for hydroxylation is 1. The Kier molecular flexibility index (Phi) is 5.56. The summed E-state index contributed by atoms with van der Waals surface area (Å²) < 4.78 is 0. The number of β-amino-alcohol motifs (C(OH)–C–C–N with tert-alkyl or cyclic N) is 1. The summed E-state index contributed by atoms with van der Waals surface area (Å²) in [6.07, 6.45) is 2.93. The minimum atomic E-state index is -0.805. The Morgan fingerprint density at radius 3 is 2.69 bits per heavy atom. The van der Waals surface area contributed by atoms with Gasteiger partial charge in [-0.15, -0.1) is 0 Å². The molecule has 0 aliphatic carbocycles. The summed E-state index contributed by atoms with van der Waals surface area (Å²) >= 11 is 0. The third-order valence-corrected chi connectivity index (χ3v) is 6.22. The van der Waals surface area contributed by atoms with Gasteiger partial charge in [0.15, 0.2) is 0 Å². The zero-order valence-corrected chi connectivity index (χ0v) is 17.0. The van der Waals surface area contributed by atoms with Crippen molar-refractivity contribution in [3.63, 3.8) is 0 Å². The van der Waals surface area contributed by atoms with Crippen LogP contribution in [0.25, 0.3) is 0 Å². The molecule has 6 heteroatoms. The molecule has 1 aromatic heterocycles. The van der Waals surface area contributed by atoms with Crippen LogP contribution in [0.5, 0.6) is 0 Å². The lowest BCUT2D eigenvalue weighted by molar-refractivity contribution is -0.0118. The van der Waals surface area contributed by atoms with Gasteiger partial charge in [0.25, 0.3) is 11.5 Å². The van der Waals surface area contributed by atoms with Gasteiger partial charge >= 0.3 is 0 Å². The van der Waals surface area contributed by atoms with Crippen molar-refractivity contribution in [2.24, 2.45) is 0 Å². The molecule has 2 aliphatic rings. The lowest BCUT2D eigenvalue weighted by atomic mass is 9.92. The van der Waals surface area contributed by atoms with Crippen molar-refractivity contribution in [2.75, 3.05) is 26.2 Å². The van der Waals surface area contributed by atoms with E-state index in [1.807, 2.05) is 0 Å². The Bertz CT molecular complexity index is 954. The summed E-state index contributed by atoms with van der Waals surface area (Å²) in [6, 6.07) is 11.8. The van der Waals surface area contributed by atoms with Crippen LogP contribution in [0, 0.1) is 6.92 Å². The van der Waals surface area contributed by atoms with Gasteiger partial charge in [-0.05, 0) is 55.9 Å². The molecule has 4 rings (SSSR count). The predicted octanol–water partition coefficient (Wildman–Crippen LogP) is 2.10. The van der Waals surface area contributed by atoms with Crippen LogP contribution >= 0.6 is 0 Å². The number of rotatable bonds is 3. The average Bonchev–Trinajstić information content (AvgIpc) is 2.89. The standard InChI is InChI=1S/C23H29N3O3/c1-17-7-8-20(21(27)24-17)22(28)26-12-4-10-23(29,11-14-26)16-25-13-9-18-5-2-3-6-19(18)15-25/h2-3,5-8,29H,4,9-16H2,1H3,(H,24,27)/t23-/m0/s1. The highest BCUT2D eigenvalue weighted by Crippen LogP contribution is 2.27. The summed E-state index contributed by atoms with van der Waals surface area (Å²) in [5.74, 6) is -0.248. The number of nitrogens with zero attached hydrogens (tertiary/aromatic N) is 2. The molecule has 2 aromatic rings. The van der Waals surface area contributed by atoms with Gasteiger partial charge in [-0.2, -0.15) is 0 Å². The molecule has 3 heterocycles. The molecule has 0 bridgehead atoms. The first-order chi connectivity index (χ1) is 13.9. The fourth-order valence-electron chi connectivity index (χ4n) is 4.56. The smallest absolute Gasteiger partial charge is 0.260 e. The molecule has 1 amide bonds. The van der Waals surface area contributed by atoms with Gasteiger partial charge in [0.1, 0.15) is 5.56 Å². The number of pyridine rings is 1. The van der Waals surface area contributed by atoms with Crippen LogP contribution < -0.4 is 5.56 Å². The normalized spacial score (nSPS) is 22.8. The van der Waals surface area contributed by atoms with Crippen LogP contribution in [0.1, 0.15) is 46.4 Å². The van der Waals surface area contributed by atoms with E-state index in [9.17, 15) is 14.7 Å². The summed E-state index contributed by atoms with van der Waals surface area (Å²) in [6.45, 7) is 5.25. The molecule has 0 saturated carbocycles. The first-order valence-electron chi connectivity index (χ1n) is 10.4. The van der Waals surface area contributed by atoms with Gasteiger partial charge in [0, 0.05) is 38.4 Å². The highest BCUT2D eigenvalue weighted by atomic mass is 16.3. The number of hydrogen-bond donors (Lipinski definition) is 2. The maximum atomic E-state index is 12.8. The van der Waals surface area contributed by atoms with E-state index in [2.05, 4.69) is 34.1 Å². The molecule has 6 nitrogen and oxygen atoms in total. The van der Waals surface area contributed by atoms with Crippen molar-refractivity contribution in [2.45, 2.75) is 44.8 Å². The lowest BCUT2D eigenvalue weighted by Crippen LogP contribution is -2.45. The topological polar surface area (TPSA) is 76.6 Å². The number of likely N-dealkylation sites (tertiary alicyclic amines) is 1. The third-order valence-electron chi connectivity index (χ3n) is 6.22. The Morgan fingerprint density at radius 2 is 1.90 bits per heavy atom. The molecule has 2 N–H and O–H groups in total. The second-order valence-electron chi connectivity index (χ2n) is 8.48. The molecule has 1 saturated heterocycles. The second-order valence-corrected chi connectivity index (χ2v) is 8.48. The van der Waals surface area contributed by atoms with Crippen molar-refractivity contribution in [3.05, 3.63) is 69.1 Å². The fraction of sp³-hybridized carbons (Fsp3) is 0.478. The van der Waals surface area contributed by atoms with Crippen LogP contribution in [0.4, 0.5) is 0 Å². The first kappa shape index (κ1) is 19.9. The van der Waals surface area contributed by atoms with E-state index in [4.69, 9.17) is 0 Å². The maximum absolute atomic E-state index is 12.8. The molecule has 0 radical (unpaired) electrons. The molecular formula is C23H29N3O3. The molecule has 0 spiro atoms. The van der Waals surface area contributed by atoms with E-state index in [1.54, 1.807) is 24.0 Å². The van der Waals surface area contributed by atoms with Gasteiger partial charge in [0.05, 0.1) is 5.60 Å². The van der Waals surface area contributed by atoms with Crippen LogP contribution in [-0.4, -0.2) is 57.6 Å². The van der Waals surface area contributed by atoms with Gasteiger partial charge in [-0.3, -0.25) is 14.5 Å². The Morgan fingerprint density at radius 1 is 1.10 bits per heavy atom. The van der Waals surface area contributed by atoms with E-state index in [-0.39, 0.29) is 17.0 Å². The van der Waals surface area contributed by atoms with Crippen LogP contribution in [0.2, 0.25) is 0 Å². The quantitative estimate of drug-likeness (QED) is 0.835. The zero-order chi connectivity index (χ0) is 20.4. The van der Waals surface area contributed by atoms with Crippen molar-refractivity contribution in [1.82, 2.24) is 14.8 Å². The molecule has 2 aliphatic heterocycles. The SMILES string of the molecule is Cc1ccc(C(=O)N2CCC[C@@](O)(CN3CCc4ccccc4C3)CC2)c(=O)[nH]1. The molecule has 1 atom stereocenters. The van der Waals surface area contributed by atoms with E-state index in [1.165, 1.54) is 11.1 Å². The van der Waals surface area contributed by atoms with Gasteiger partial charge in [-0.1, -0.05) is 24.3 Å². The summed E-state index contributed by atoms with van der Waals surface area (Å²) in [7, 11) is 0.